The first-order valence-corrected chi connectivity index (χ1v) is 16.1. The molecule has 1 saturated carbocycles. The van der Waals surface area contributed by atoms with Crippen molar-refractivity contribution in [2.45, 2.75) is 63.3 Å². The molecule has 1 aliphatic rings. The Kier molecular flexibility index (Phi) is 12.6. The van der Waals surface area contributed by atoms with Gasteiger partial charge in [0.05, 0.1) is 18.6 Å². The fraction of sp³-hybridized carbons (Fsp3) is 0.594. The quantitative estimate of drug-likeness (QED) is 0.310. The lowest BCUT2D eigenvalue weighted by Crippen LogP contribution is -2.39. The molecule has 1 unspecified atom stereocenters. The maximum atomic E-state index is 13.1. The molecule has 1 atom stereocenters. The number of hydrogen-bond acceptors (Lipinski definition) is 6. The Morgan fingerprint density at radius 3 is 2.24 bits per heavy atom. The van der Waals surface area contributed by atoms with Gasteiger partial charge in [-0.3, -0.25) is 4.79 Å². The van der Waals surface area contributed by atoms with Crippen LogP contribution in [0.2, 0.25) is 0 Å². The predicted octanol–water partition coefficient (Wildman–Crippen LogP) is 4.43. The van der Waals surface area contributed by atoms with Gasteiger partial charge in [-0.1, -0.05) is 30.3 Å². The number of likely N-dealkylation sites (N-methyl/N-ethyl adjacent to an activating group) is 1. The first kappa shape index (κ1) is 33.0. The van der Waals surface area contributed by atoms with Gasteiger partial charge in [-0.05, 0) is 107 Å². The van der Waals surface area contributed by atoms with Crippen LogP contribution in [0.5, 0.6) is 5.75 Å². The first-order chi connectivity index (χ1) is 19.5. The maximum absolute atomic E-state index is 13.1. The summed E-state index contributed by atoms with van der Waals surface area (Å²) < 4.78 is 38.3. The summed E-state index contributed by atoms with van der Waals surface area (Å²) in [4.78, 5) is 15.1. The van der Waals surface area contributed by atoms with Crippen molar-refractivity contribution in [3.63, 3.8) is 0 Å². The lowest BCUT2D eigenvalue weighted by Gasteiger charge is -2.37. The van der Waals surface area contributed by atoms with Gasteiger partial charge in [0.15, 0.2) is 0 Å². The standard InChI is InChI=1S/C32H49N3O5S/c1-24-20-29(39-6)21-25(2)32(24)41(37,38)35(5)18-19-40-23-31(36)33-22-27-12-15-28(16-13-27)30(34(3)4)17-14-26-10-8-7-9-11-26/h7-11,20-21,27-28,30H,12-19,22-23H2,1-6H3,(H,33,36). The SMILES string of the molecule is COc1cc(C)c(S(=O)(=O)N(C)CCOCC(=O)NCC2CCC(C(CCc3ccccc3)N(C)C)CC2)c(C)c1. The van der Waals surface area contributed by atoms with E-state index in [2.05, 4.69) is 54.6 Å². The minimum atomic E-state index is -3.69. The van der Waals surface area contributed by atoms with E-state index in [-0.39, 0.29) is 30.6 Å². The van der Waals surface area contributed by atoms with Crippen LogP contribution in [-0.4, -0.2) is 84.1 Å². The van der Waals surface area contributed by atoms with Crippen molar-refractivity contribution in [1.29, 1.82) is 0 Å². The Morgan fingerprint density at radius 1 is 1.02 bits per heavy atom. The van der Waals surface area contributed by atoms with E-state index in [4.69, 9.17) is 9.47 Å². The van der Waals surface area contributed by atoms with Crippen LogP contribution in [0, 0.1) is 25.7 Å². The molecule has 1 N–H and O–H groups in total. The number of carbonyl (C=O) groups excluding carboxylic acids is 1. The van der Waals surface area contributed by atoms with Crippen molar-refractivity contribution in [2.24, 2.45) is 11.8 Å². The van der Waals surface area contributed by atoms with Crippen molar-refractivity contribution in [1.82, 2.24) is 14.5 Å². The van der Waals surface area contributed by atoms with E-state index < -0.39 is 10.0 Å². The van der Waals surface area contributed by atoms with Crippen molar-refractivity contribution < 1.29 is 22.7 Å². The molecule has 0 radical (unpaired) electrons. The topological polar surface area (TPSA) is 88.2 Å². The van der Waals surface area contributed by atoms with Gasteiger partial charge in [-0.2, -0.15) is 4.31 Å². The molecule has 1 amide bonds. The average Bonchev–Trinajstić information content (AvgIpc) is 2.94. The molecule has 1 aliphatic carbocycles. The number of amides is 1. The zero-order valence-corrected chi connectivity index (χ0v) is 26.5. The molecule has 1 fully saturated rings. The number of nitrogens with one attached hydrogen (secondary N) is 1. The van der Waals surface area contributed by atoms with E-state index in [1.807, 2.05) is 0 Å². The Labute approximate surface area is 247 Å². The van der Waals surface area contributed by atoms with Crippen LogP contribution in [0.1, 0.15) is 48.8 Å². The molecule has 8 nitrogen and oxygen atoms in total. The summed E-state index contributed by atoms with van der Waals surface area (Å²) in [6, 6.07) is 14.7. The van der Waals surface area contributed by atoms with Gasteiger partial charge < -0.3 is 19.7 Å². The molecule has 0 spiro atoms. The summed E-state index contributed by atoms with van der Waals surface area (Å²) >= 11 is 0. The highest BCUT2D eigenvalue weighted by Crippen LogP contribution is 2.33. The molecular weight excluding hydrogens is 538 g/mol. The Balaban J connectivity index is 1.35. The van der Waals surface area contributed by atoms with E-state index >= 15 is 0 Å². The van der Waals surface area contributed by atoms with Gasteiger partial charge in [0.2, 0.25) is 15.9 Å². The lowest BCUT2D eigenvalue weighted by atomic mass is 9.76. The smallest absolute Gasteiger partial charge is 0.246 e. The number of methoxy groups -OCH3 is 1. The molecule has 228 valence electrons. The second-order valence-electron chi connectivity index (χ2n) is 11.6. The molecule has 0 aliphatic heterocycles. The zero-order valence-electron chi connectivity index (χ0n) is 25.7. The Bertz CT molecular complexity index is 1190. The van der Waals surface area contributed by atoms with Crippen LogP contribution in [0.25, 0.3) is 0 Å². The van der Waals surface area contributed by atoms with Gasteiger partial charge in [0.1, 0.15) is 12.4 Å². The van der Waals surface area contributed by atoms with Crippen molar-refractivity contribution in [3.8, 4) is 5.75 Å². The second-order valence-corrected chi connectivity index (χ2v) is 13.6. The molecule has 0 aromatic heterocycles. The Morgan fingerprint density at radius 2 is 1.66 bits per heavy atom. The van der Waals surface area contributed by atoms with Crippen LogP contribution in [0.4, 0.5) is 0 Å². The normalized spacial score (nSPS) is 18.4. The van der Waals surface area contributed by atoms with Crippen LogP contribution >= 0.6 is 0 Å². The molecule has 0 heterocycles. The number of hydrogen-bond donors (Lipinski definition) is 1. The van der Waals surface area contributed by atoms with Gasteiger partial charge >= 0.3 is 0 Å². The number of ether oxygens (including phenoxy) is 2. The van der Waals surface area contributed by atoms with Gasteiger partial charge in [-0.15, -0.1) is 0 Å². The summed E-state index contributed by atoms with van der Waals surface area (Å²) in [6.45, 7) is 4.40. The van der Waals surface area contributed by atoms with Gasteiger partial charge in [0.25, 0.3) is 0 Å². The minimum Gasteiger partial charge on any atom is -0.497 e. The molecular formula is C32H49N3O5S. The van der Waals surface area contributed by atoms with E-state index in [9.17, 15) is 13.2 Å². The molecule has 0 bridgehead atoms. The third-order valence-electron chi connectivity index (χ3n) is 8.38. The third kappa shape index (κ3) is 9.53. The maximum Gasteiger partial charge on any atom is 0.246 e. The van der Waals surface area contributed by atoms with Crippen molar-refractivity contribution in [3.05, 3.63) is 59.2 Å². The fourth-order valence-corrected chi connectivity index (χ4v) is 7.59. The summed E-state index contributed by atoms with van der Waals surface area (Å²) in [5.74, 6) is 1.64. The molecule has 0 saturated heterocycles. The number of rotatable bonds is 15. The van der Waals surface area contributed by atoms with Crippen LogP contribution < -0.4 is 10.1 Å². The van der Waals surface area contributed by atoms with Crippen LogP contribution in [0.15, 0.2) is 47.4 Å². The molecule has 9 heteroatoms. The second kappa shape index (κ2) is 15.7. The number of sulfonamides is 1. The molecule has 2 aromatic rings. The third-order valence-corrected chi connectivity index (χ3v) is 10.5. The summed E-state index contributed by atoms with van der Waals surface area (Å²) in [5.41, 5.74) is 2.66. The molecule has 41 heavy (non-hydrogen) atoms. The fourth-order valence-electron chi connectivity index (χ4n) is 6.03. The van der Waals surface area contributed by atoms with Gasteiger partial charge in [-0.25, -0.2) is 8.42 Å². The average molecular weight is 588 g/mol. The van der Waals surface area contributed by atoms with E-state index in [1.165, 1.54) is 29.8 Å². The number of carbonyl (C=O) groups is 1. The van der Waals surface area contributed by atoms with Crippen molar-refractivity contribution in [2.75, 3.05) is 54.6 Å². The van der Waals surface area contributed by atoms with Crippen LogP contribution in [0.3, 0.4) is 0 Å². The first-order valence-electron chi connectivity index (χ1n) is 14.7. The van der Waals surface area contributed by atoms with Crippen molar-refractivity contribution >= 4 is 15.9 Å². The number of nitrogens with zero attached hydrogens (tertiary/aromatic N) is 2. The van der Waals surface area contributed by atoms with Gasteiger partial charge in [0, 0.05) is 26.2 Å². The van der Waals surface area contributed by atoms with E-state index in [1.54, 1.807) is 33.1 Å². The number of aryl methyl sites for hydroxylation is 3. The van der Waals surface area contributed by atoms with Crippen LogP contribution in [-0.2, 0) is 26.0 Å². The minimum absolute atomic E-state index is 0.0774. The highest BCUT2D eigenvalue weighted by Gasteiger charge is 2.29. The highest BCUT2D eigenvalue weighted by molar-refractivity contribution is 7.89. The monoisotopic (exact) mass is 587 g/mol. The Hall–Kier alpha value is -2.46. The van der Waals surface area contributed by atoms with E-state index in [0.717, 1.165) is 25.7 Å². The number of benzene rings is 2. The molecule has 3 rings (SSSR count). The zero-order chi connectivity index (χ0) is 30.0. The summed E-state index contributed by atoms with van der Waals surface area (Å²) in [7, 11) is 3.78. The van der Waals surface area contributed by atoms with E-state index in [0.29, 0.717) is 41.3 Å². The predicted molar refractivity (Wildman–Crippen MR) is 164 cm³/mol. The largest absolute Gasteiger partial charge is 0.497 e. The summed E-state index contributed by atoms with van der Waals surface area (Å²) in [6.07, 6.45) is 6.87. The molecule has 2 aromatic carbocycles. The highest BCUT2D eigenvalue weighted by atomic mass is 32.2. The summed E-state index contributed by atoms with van der Waals surface area (Å²) in [5, 5.41) is 3.02. The lowest BCUT2D eigenvalue weighted by molar-refractivity contribution is -0.126.